The highest BCUT2D eigenvalue weighted by Gasteiger charge is 2.18. The maximum atomic E-state index is 9.86. The largest absolute Gasteiger partial charge is 0.487 e. The molecule has 0 saturated carbocycles. The number of nitrogens with two attached hydrogens (primary N) is 1. The van der Waals surface area contributed by atoms with Gasteiger partial charge in [0.05, 0.1) is 18.3 Å². The van der Waals surface area contributed by atoms with E-state index in [2.05, 4.69) is 5.32 Å². The molecule has 3 atom stereocenters. The zero-order valence-corrected chi connectivity index (χ0v) is 9.60. The van der Waals surface area contributed by atoms with Gasteiger partial charge in [0.15, 0.2) is 0 Å². The van der Waals surface area contributed by atoms with Crippen LogP contribution in [0.1, 0.15) is 25.5 Å². The van der Waals surface area contributed by atoms with Gasteiger partial charge in [0, 0.05) is 6.04 Å². The van der Waals surface area contributed by atoms with Crippen LogP contribution in [0.5, 0.6) is 5.75 Å². The highest BCUT2D eigenvalue weighted by atomic mass is 16.5. The Balaban J connectivity index is 2.26. The van der Waals surface area contributed by atoms with Crippen molar-refractivity contribution in [1.29, 1.82) is 0 Å². The Morgan fingerprint density at radius 3 is 3.00 bits per heavy atom. The lowest BCUT2D eigenvalue weighted by atomic mass is 10.0. The van der Waals surface area contributed by atoms with E-state index in [0.717, 1.165) is 23.5 Å². The quantitative estimate of drug-likeness (QED) is 0.704. The number of aliphatic hydroxyl groups is 1. The minimum atomic E-state index is -0.633. The number of ether oxygens (including phenoxy) is 1. The van der Waals surface area contributed by atoms with Crippen molar-refractivity contribution < 1.29 is 9.84 Å². The van der Waals surface area contributed by atoms with Crippen LogP contribution in [-0.4, -0.2) is 23.8 Å². The van der Waals surface area contributed by atoms with Gasteiger partial charge in [0.1, 0.15) is 11.9 Å². The number of nitrogens with one attached hydrogen (secondary N) is 1. The first-order valence-electron chi connectivity index (χ1n) is 5.56. The van der Waals surface area contributed by atoms with Crippen molar-refractivity contribution in [2.45, 2.75) is 32.1 Å². The Hall–Kier alpha value is -1.26. The molecule has 1 aliphatic heterocycles. The molecule has 4 nitrogen and oxygen atoms in total. The van der Waals surface area contributed by atoms with E-state index in [1.165, 1.54) is 0 Å². The van der Waals surface area contributed by atoms with E-state index in [9.17, 15) is 5.11 Å². The van der Waals surface area contributed by atoms with Gasteiger partial charge in [-0.3, -0.25) is 0 Å². The molecule has 0 saturated heterocycles. The maximum Gasteiger partial charge on any atom is 0.142 e. The van der Waals surface area contributed by atoms with Crippen molar-refractivity contribution in [3.63, 3.8) is 0 Å². The van der Waals surface area contributed by atoms with E-state index in [4.69, 9.17) is 10.5 Å². The van der Waals surface area contributed by atoms with E-state index >= 15 is 0 Å². The predicted octanol–water partition coefficient (Wildman–Crippen LogP) is 1.26. The molecule has 1 heterocycles. The maximum absolute atomic E-state index is 9.86. The number of hydrogen-bond acceptors (Lipinski definition) is 4. The summed E-state index contributed by atoms with van der Waals surface area (Å²) in [6.07, 6.45) is -0.455. The molecule has 0 spiro atoms. The van der Waals surface area contributed by atoms with Crippen molar-refractivity contribution in [2.75, 3.05) is 11.9 Å². The van der Waals surface area contributed by atoms with Crippen LogP contribution in [0.4, 0.5) is 5.69 Å². The molecular formula is C12H18N2O2. The molecular weight excluding hydrogens is 204 g/mol. The van der Waals surface area contributed by atoms with Gasteiger partial charge < -0.3 is 20.9 Å². The number of aliphatic hydroxyl groups excluding tert-OH is 1. The Morgan fingerprint density at radius 2 is 2.31 bits per heavy atom. The second kappa shape index (κ2) is 4.31. The lowest BCUT2D eigenvalue weighted by molar-refractivity contribution is 0.153. The summed E-state index contributed by atoms with van der Waals surface area (Å²) in [7, 11) is 0. The molecule has 0 bridgehead atoms. The lowest BCUT2D eigenvalue weighted by Crippen LogP contribution is -2.28. The number of anilines is 1. The van der Waals surface area contributed by atoms with Crippen molar-refractivity contribution in [1.82, 2.24) is 0 Å². The average molecular weight is 222 g/mol. The van der Waals surface area contributed by atoms with Crippen LogP contribution in [-0.2, 0) is 0 Å². The van der Waals surface area contributed by atoms with Crippen LogP contribution in [0.25, 0.3) is 0 Å². The predicted molar refractivity (Wildman–Crippen MR) is 63.6 cm³/mol. The minimum Gasteiger partial charge on any atom is -0.487 e. The van der Waals surface area contributed by atoms with Crippen LogP contribution in [0.2, 0.25) is 0 Å². The molecule has 2 rings (SSSR count). The summed E-state index contributed by atoms with van der Waals surface area (Å²) < 4.78 is 5.65. The standard InChI is InChI=1S/C12H18N2O2/c1-7-6-14-10-5-9(12(15)8(2)13)3-4-11(10)16-7/h3-5,7-8,12,14-15H,6,13H2,1-2H3. The van der Waals surface area contributed by atoms with E-state index in [1.54, 1.807) is 6.92 Å². The third kappa shape index (κ3) is 2.13. The van der Waals surface area contributed by atoms with Gasteiger partial charge in [-0.1, -0.05) is 6.07 Å². The smallest absolute Gasteiger partial charge is 0.142 e. The number of fused-ring (bicyclic) bond motifs is 1. The molecule has 0 amide bonds. The van der Waals surface area contributed by atoms with Gasteiger partial charge in [-0.05, 0) is 31.5 Å². The molecule has 1 aromatic carbocycles. The SMILES string of the molecule is CC1CNc2cc(C(O)C(C)N)ccc2O1. The van der Waals surface area contributed by atoms with Crippen molar-refractivity contribution >= 4 is 5.69 Å². The first-order chi connectivity index (χ1) is 7.58. The Bertz CT molecular complexity index is 379. The Kier molecular flexibility index (Phi) is 3.03. The fourth-order valence-corrected chi connectivity index (χ4v) is 1.79. The molecule has 0 radical (unpaired) electrons. The molecule has 3 unspecified atom stereocenters. The van der Waals surface area contributed by atoms with Crippen molar-refractivity contribution in [3.8, 4) is 5.75 Å². The Morgan fingerprint density at radius 1 is 1.56 bits per heavy atom. The van der Waals surface area contributed by atoms with Gasteiger partial charge >= 0.3 is 0 Å². The average Bonchev–Trinajstić information content (AvgIpc) is 2.27. The van der Waals surface area contributed by atoms with E-state index in [-0.39, 0.29) is 12.1 Å². The molecule has 4 N–H and O–H groups in total. The Labute approximate surface area is 95.4 Å². The van der Waals surface area contributed by atoms with Crippen LogP contribution in [0, 0.1) is 0 Å². The second-order valence-electron chi connectivity index (χ2n) is 4.37. The summed E-state index contributed by atoms with van der Waals surface area (Å²) in [5.41, 5.74) is 7.41. The normalized spacial score (nSPS) is 22.6. The van der Waals surface area contributed by atoms with E-state index in [1.807, 2.05) is 25.1 Å². The number of hydrogen-bond donors (Lipinski definition) is 3. The van der Waals surface area contributed by atoms with Gasteiger partial charge in [-0.2, -0.15) is 0 Å². The molecule has 88 valence electrons. The molecule has 0 aromatic heterocycles. The summed E-state index contributed by atoms with van der Waals surface area (Å²) in [5, 5.41) is 13.1. The zero-order valence-electron chi connectivity index (χ0n) is 9.60. The van der Waals surface area contributed by atoms with Gasteiger partial charge in [-0.15, -0.1) is 0 Å². The molecule has 16 heavy (non-hydrogen) atoms. The number of benzene rings is 1. The van der Waals surface area contributed by atoms with Crippen LogP contribution in [0.3, 0.4) is 0 Å². The zero-order chi connectivity index (χ0) is 11.7. The monoisotopic (exact) mass is 222 g/mol. The third-order valence-electron chi connectivity index (χ3n) is 2.75. The molecule has 4 heteroatoms. The van der Waals surface area contributed by atoms with E-state index in [0.29, 0.717) is 0 Å². The summed E-state index contributed by atoms with van der Waals surface area (Å²) >= 11 is 0. The van der Waals surface area contributed by atoms with Gasteiger partial charge in [0.25, 0.3) is 0 Å². The molecule has 1 aromatic rings. The summed E-state index contributed by atoms with van der Waals surface area (Å²) in [5.74, 6) is 0.833. The minimum absolute atomic E-state index is 0.178. The van der Waals surface area contributed by atoms with E-state index < -0.39 is 6.10 Å². The summed E-state index contributed by atoms with van der Waals surface area (Å²) in [6, 6.07) is 5.35. The van der Waals surface area contributed by atoms with Gasteiger partial charge in [-0.25, -0.2) is 0 Å². The fraction of sp³-hybridized carbons (Fsp3) is 0.500. The van der Waals surface area contributed by atoms with Crippen LogP contribution in [0.15, 0.2) is 18.2 Å². The molecule has 0 fully saturated rings. The topological polar surface area (TPSA) is 67.5 Å². The molecule has 1 aliphatic rings. The number of rotatable bonds is 2. The highest BCUT2D eigenvalue weighted by Crippen LogP contribution is 2.32. The van der Waals surface area contributed by atoms with Crippen molar-refractivity contribution in [2.24, 2.45) is 5.73 Å². The summed E-state index contributed by atoms with van der Waals surface area (Å²) in [6.45, 7) is 4.58. The van der Waals surface area contributed by atoms with Crippen LogP contribution >= 0.6 is 0 Å². The van der Waals surface area contributed by atoms with Crippen molar-refractivity contribution in [3.05, 3.63) is 23.8 Å². The first kappa shape index (κ1) is 11.2. The second-order valence-corrected chi connectivity index (χ2v) is 4.37. The first-order valence-corrected chi connectivity index (χ1v) is 5.56. The summed E-state index contributed by atoms with van der Waals surface area (Å²) in [4.78, 5) is 0. The third-order valence-corrected chi connectivity index (χ3v) is 2.75. The highest BCUT2D eigenvalue weighted by molar-refractivity contribution is 5.59. The molecule has 0 aliphatic carbocycles. The fourth-order valence-electron chi connectivity index (χ4n) is 1.79. The lowest BCUT2D eigenvalue weighted by Gasteiger charge is -2.26. The van der Waals surface area contributed by atoms with Gasteiger partial charge in [0.2, 0.25) is 0 Å². The van der Waals surface area contributed by atoms with Crippen LogP contribution < -0.4 is 15.8 Å².